The second-order valence-corrected chi connectivity index (χ2v) is 9.14. The van der Waals surface area contributed by atoms with Crippen LogP contribution < -0.4 is 0 Å². The number of aromatic nitrogens is 3. The molecule has 0 aliphatic heterocycles. The van der Waals surface area contributed by atoms with Crippen LogP contribution in [0.2, 0.25) is 5.02 Å². The van der Waals surface area contributed by atoms with Gasteiger partial charge in [0.2, 0.25) is 0 Å². The third kappa shape index (κ3) is 4.82. The van der Waals surface area contributed by atoms with Crippen molar-refractivity contribution < 1.29 is 27.1 Å². The van der Waals surface area contributed by atoms with Crippen molar-refractivity contribution in [1.29, 1.82) is 0 Å². The van der Waals surface area contributed by atoms with E-state index in [-0.39, 0.29) is 5.56 Å². The first-order valence-electron chi connectivity index (χ1n) is 11.5. The van der Waals surface area contributed by atoms with Crippen molar-refractivity contribution in [2.75, 3.05) is 0 Å². The summed E-state index contributed by atoms with van der Waals surface area (Å²) in [4.78, 5) is 4.51. The number of aliphatic hydroxyl groups excluding tert-OH is 1. The molecule has 0 saturated carbocycles. The van der Waals surface area contributed by atoms with Gasteiger partial charge in [-0.15, -0.1) is 0 Å². The number of aliphatic hydroxyl groups is 1. The molecule has 5 aromatic rings. The van der Waals surface area contributed by atoms with E-state index in [1.54, 1.807) is 62.4 Å². The van der Waals surface area contributed by atoms with Crippen LogP contribution in [0.25, 0.3) is 39.4 Å². The highest BCUT2D eigenvalue weighted by molar-refractivity contribution is 6.30. The molecule has 1 N–H and O–H groups in total. The summed E-state index contributed by atoms with van der Waals surface area (Å²) in [5.41, 5.74) is 2.65. The van der Waals surface area contributed by atoms with Gasteiger partial charge in [-0.25, -0.2) is 14.1 Å². The van der Waals surface area contributed by atoms with E-state index in [1.807, 2.05) is 0 Å². The fourth-order valence-electron chi connectivity index (χ4n) is 4.26. The van der Waals surface area contributed by atoms with Gasteiger partial charge < -0.3 is 9.52 Å². The molecule has 0 spiro atoms. The largest absolute Gasteiger partial charge is 0.440 e. The van der Waals surface area contributed by atoms with E-state index in [1.165, 1.54) is 12.3 Å². The van der Waals surface area contributed by atoms with E-state index >= 15 is 0 Å². The van der Waals surface area contributed by atoms with Gasteiger partial charge in [0.25, 0.3) is 0 Å². The summed E-state index contributed by atoms with van der Waals surface area (Å²) >= 11 is 6.05. The van der Waals surface area contributed by atoms with Crippen LogP contribution in [0.5, 0.6) is 0 Å². The van der Waals surface area contributed by atoms with Gasteiger partial charge in [-0.3, -0.25) is 0 Å². The number of aryl methyl sites for hydroxylation is 2. The lowest BCUT2D eigenvalue weighted by Gasteiger charge is -2.14. The molecule has 2 aromatic heterocycles. The Morgan fingerprint density at radius 3 is 2.29 bits per heavy atom. The van der Waals surface area contributed by atoms with Gasteiger partial charge in [0.15, 0.2) is 17.3 Å². The number of benzene rings is 3. The van der Waals surface area contributed by atoms with E-state index in [9.17, 15) is 22.7 Å². The monoisotopic (exact) mass is 541 g/mol. The number of hydrogen-bond acceptors (Lipinski definition) is 4. The zero-order valence-electron chi connectivity index (χ0n) is 20.1. The average Bonchev–Trinajstić information content (AvgIpc) is 3.51. The molecule has 0 aliphatic rings. The summed E-state index contributed by atoms with van der Waals surface area (Å²) in [5, 5.41) is 13.7. The van der Waals surface area contributed by atoms with E-state index < -0.39 is 24.3 Å². The van der Waals surface area contributed by atoms with Crippen LogP contribution in [0.15, 0.2) is 71.3 Å². The van der Waals surface area contributed by atoms with Crippen molar-refractivity contribution in [3.8, 4) is 39.4 Å². The molecule has 0 aliphatic carbocycles. The van der Waals surface area contributed by atoms with Crippen molar-refractivity contribution in [2.24, 2.45) is 0 Å². The van der Waals surface area contributed by atoms with Crippen molar-refractivity contribution in [1.82, 2.24) is 14.8 Å². The van der Waals surface area contributed by atoms with Crippen LogP contribution in [-0.4, -0.2) is 19.9 Å². The number of hydrogen-bond donors (Lipinski definition) is 1. The van der Waals surface area contributed by atoms with Gasteiger partial charge in [-0.05, 0) is 60.0 Å². The van der Waals surface area contributed by atoms with Gasteiger partial charge in [-0.2, -0.15) is 18.3 Å². The molecule has 5 nitrogen and oxygen atoms in total. The minimum Gasteiger partial charge on any atom is -0.440 e. The fourth-order valence-corrected chi connectivity index (χ4v) is 4.39. The number of nitrogens with zero attached hydrogens (tertiary/aromatic N) is 3. The van der Waals surface area contributed by atoms with Gasteiger partial charge in [0.05, 0.1) is 12.3 Å². The number of rotatable bonds is 5. The molecule has 0 fully saturated rings. The van der Waals surface area contributed by atoms with E-state index in [2.05, 4.69) is 10.1 Å². The normalized spacial score (nSPS) is 11.8. The van der Waals surface area contributed by atoms with Crippen LogP contribution in [0, 0.1) is 19.7 Å². The highest BCUT2D eigenvalue weighted by Crippen LogP contribution is 2.39. The maximum Gasteiger partial charge on any atom is 0.435 e. The maximum absolute atomic E-state index is 14.7. The smallest absolute Gasteiger partial charge is 0.435 e. The molecule has 0 bridgehead atoms. The lowest BCUT2D eigenvalue weighted by Crippen LogP contribution is -2.07. The Labute approximate surface area is 220 Å². The third-order valence-electron chi connectivity index (χ3n) is 6.13. The van der Waals surface area contributed by atoms with Crippen LogP contribution in [0.1, 0.15) is 22.7 Å². The van der Waals surface area contributed by atoms with Crippen LogP contribution >= 0.6 is 11.6 Å². The van der Waals surface area contributed by atoms with Crippen molar-refractivity contribution in [3.63, 3.8) is 0 Å². The quantitative estimate of drug-likeness (QED) is 0.231. The topological polar surface area (TPSA) is 64.1 Å². The lowest BCUT2D eigenvalue weighted by molar-refractivity contribution is -0.141. The molecule has 3 aromatic carbocycles. The molecule has 5 rings (SSSR count). The summed E-state index contributed by atoms with van der Waals surface area (Å²) in [6.45, 7) is 2.91. The summed E-state index contributed by atoms with van der Waals surface area (Å²) in [7, 11) is 0. The van der Waals surface area contributed by atoms with Gasteiger partial charge in [-0.1, -0.05) is 35.9 Å². The second-order valence-electron chi connectivity index (χ2n) is 8.70. The number of alkyl halides is 3. The van der Waals surface area contributed by atoms with Crippen molar-refractivity contribution >= 4 is 11.6 Å². The minimum atomic E-state index is -4.62. The molecule has 10 heteroatoms. The highest BCUT2D eigenvalue weighted by atomic mass is 35.5. The minimum absolute atomic E-state index is 0.192. The Balaban J connectivity index is 1.74. The standard InChI is InChI=1S/C28H20ClF4N3O2/c1-15-11-19(13-23(30)22(15)14-37)18-5-8-24(36-10-9-25(35-36)28(31,32)33)21(12-18)27-26(34-16(2)38-27)17-3-6-20(29)7-4-17/h3-13,37H,14H2,1-2H3. The van der Waals surface area contributed by atoms with E-state index in [0.717, 1.165) is 10.7 Å². The van der Waals surface area contributed by atoms with E-state index in [4.69, 9.17) is 16.0 Å². The maximum atomic E-state index is 14.7. The third-order valence-corrected chi connectivity index (χ3v) is 6.38. The van der Waals surface area contributed by atoms with E-state index in [0.29, 0.717) is 55.9 Å². The summed E-state index contributed by atoms with van der Waals surface area (Å²) < 4.78 is 61.7. The van der Waals surface area contributed by atoms with Crippen molar-refractivity contribution in [3.05, 3.63) is 100 Å². The molecule has 0 saturated heterocycles. The first-order chi connectivity index (χ1) is 18.0. The Kier molecular flexibility index (Phi) is 6.58. The summed E-state index contributed by atoms with van der Waals surface area (Å²) in [5.74, 6) is 0.0780. The Hall–Kier alpha value is -3.95. The molecule has 0 radical (unpaired) electrons. The molecule has 0 amide bonds. The first-order valence-corrected chi connectivity index (χ1v) is 11.8. The van der Waals surface area contributed by atoms with Crippen LogP contribution in [0.3, 0.4) is 0 Å². The molecular formula is C28H20ClF4N3O2. The average molecular weight is 542 g/mol. The van der Waals surface area contributed by atoms with Gasteiger partial charge >= 0.3 is 6.18 Å². The lowest BCUT2D eigenvalue weighted by atomic mass is 9.96. The molecule has 2 heterocycles. The second kappa shape index (κ2) is 9.74. The van der Waals surface area contributed by atoms with Gasteiger partial charge in [0, 0.05) is 34.8 Å². The Bertz CT molecular complexity index is 1620. The predicted octanol–water partition coefficient (Wildman–Crippen LogP) is 7.78. The number of halogens is 5. The molecule has 194 valence electrons. The molecule has 38 heavy (non-hydrogen) atoms. The van der Waals surface area contributed by atoms with Crippen LogP contribution in [-0.2, 0) is 12.8 Å². The Morgan fingerprint density at radius 2 is 1.66 bits per heavy atom. The summed E-state index contributed by atoms with van der Waals surface area (Å²) in [6, 6.07) is 15.8. The summed E-state index contributed by atoms with van der Waals surface area (Å²) in [6.07, 6.45) is -3.40. The molecular weight excluding hydrogens is 522 g/mol. The highest BCUT2D eigenvalue weighted by Gasteiger charge is 2.34. The zero-order valence-corrected chi connectivity index (χ0v) is 20.9. The zero-order chi connectivity index (χ0) is 27.2. The first kappa shape index (κ1) is 25.7. The van der Waals surface area contributed by atoms with Crippen LogP contribution in [0.4, 0.5) is 17.6 Å². The van der Waals surface area contributed by atoms with Crippen molar-refractivity contribution in [2.45, 2.75) is 26.6 Å². The molecule has 0 unspecified atom stereocenters. The predicted molar refractivity (Wildman–Crippen MR) is 135 cm³/mol. The number of oxazole rings is 1. The Morgan fingerprint density at radius 1 is 0.947 bits per heavy atom. The fraction of sp³-hybridized carbons (Fsp3) is 0.143. The molecule has 0 atom stereocenters. The van der Waals surface area contributed by atoms with Gasteiger partial charge in [0.1, 0.15) is 11.5 Å². The SMILES string of the molecule is Cc1nc(-c2ccc(Cl)cc2)c(-c2cc(-c3cc(C)c(CO)c(F)c3)ccc2-n2ccc(C(F)(F)F)n2)o1.